The summed E-state index contributed by atoms with van der Waals surface area (Å²) >= 11 is 1.61. The van der Waals surface area contributed by atoms with E-state index in [0.717, 1.165) is 55.6 Å². The van der Waals surface area contributed by atoms with Gasteiger partial charge < -0.3 is 5.11 Å². The highest BCUT2D eigenvalue weighted by molar-refractivity contribution is 7.19. The van der Waals surface area contributed by atoms with Crippen LogP contribution in [0, 0.1) is 11.3 Å². The Morgan fingerprint density at radius 2 is 2.22 bits per heavy atom. The molecule has 0 aliphatic heterocycles. The van der Waals surface area contributed by atoms with E-state index in [1.165, 1.54) is 0 Å². The van der Waals surface area contributed by atoms with Gasteiger partial charge in [-0.1, -0.05) is 25.1 Å². The molecule has 1 N–H and O–H groups in total. The molecule has 134 valence electrons. The number of pyridine rings is 1. The molecule has 1 unspecified atom stereocenters. The molecule has 3 aromatic rings. The van der Waals surface area contributed by atoms with E-state index >= 15 is 0 Å². The topological polar surface area (TPSA) is 74.0 Å². The van der Waals surface area contributed by atoms with Crippen LogP contribution in [0.4, 0.5) is 0 Å². The SMILES string of the molecule is CC(CC(=O)O)c1cc2c(-c3ccc(C#N)c4c3C=CCC4)cncc2s1. The Kier molecular flexibility index (Phi) is 4.51. The quantitative estimate of drug-likeness (QED) is 0.666. The van der Waals surface area contributed by atoms with Gasteiger partial charge in [-0.3, -0.25) is 9.78 Å². The summed E-state index contributed by atoms with van der Waals surface area (Å²) in [7, 11) is 0. The van der Waals surface area contributed by atoms with E-state index in [1.807, 2.05) is 31.5 Å². The number of carboxylic acids is 1. The minimum Gasteiger partial charge on any atom is -0.481 e. The lowest BCUT2D eigenvalue weighted by Gasteiger charge is -2.17. The molecule has 1 aliphatic carbocycles. The van der Waals surface area contributed by atoms with Crippen LogP contribution < -0.4 is 0 Å². The number of allylic oxidation sites excluding steroid dienone is 1. The minimum absolute atomic E-state index is 0.0393. The summed E-state index contributed by atoms with van der Waals surface area (Å²) in [6.07, 6.45) is 9.89. The van der Waals surface area contributed by atoms with Crippen molar-refractivity contribution in [3.05, 3.63) is 58.2 Å². The van der Waals surface area contributed by atoms with Gasteiger partial charge in [0.15, 0.2) is 0 Å². The van der Waals surface area contributed by atoms with Gasteiger partial charge in [-0.05, 0) is 41.7 Å². The number of aliphatic carboxylic acids is 1. The highest BCUT2D eigenvalue weighted by Crippen LogP contribution is 2.40. The first-order valence-corrected chi connectivity index (χ1v) is 9.72. The first kappa shape index (κ1) is 17.4. The Hall–Kier alpha value is -2.97. The fourth-order valence-corrected chi connectivity index (χ4v) is 4.80. The van der Waals surface area contributed by atoms with Crippen molar-refractivity contribution in [2.24, 2.45) is 0 Å². The van der Waals surface area contributed by atoms with Gasteiger partial charge in [0.05, 0.1) is 22.8 Å². The first-order chi connectivity index (χ1) is 13.1. The number of carbonyl (C=O) groups is 1. The zero-order chi connectivity index (χ0) is 19.0. The van der Waals surface area contributed by atoms with Crippen LogP contribution in [0.15, 0.2) is 36.7 Å². The van der Waals surface area contributed by atoms with Crippen LogP contribution in [-0.4, -0.2) is 16.1 Å². The van der Waals surface area contributed by atoms with Crippen LogP contribution in [0.25, 0.3) is 27.3 Å². The molecule has 27 heavy (non-hydrogen) atoms. The molecule has 0 fully saturated rings. The largest absolute Gasteiger partial charge is 0.481 e. The Morgan fingerprint density at radius 1 is 1.37 bits per heavy atom. The van der Waals surface area contributed by atoms with Crippen molar-refractivity contribution in [3.8, 4) is 17.2 Å². The van der Waals surface area contributed by atoms with Crippen molar-refractivity contribution in [2.45, 2.75) is 32.1 Å². The molecular weight excluding hydrogens is 356 g/mol. The molecule has 0 saturated carbocycles. The van der Waals surface area contributed by atoms with Crippen molar-refractivity contribution in [1.82, 2.24) is 4.98 Å². The van der Waals surface area contributed by atoms with E-state index in [0.29, 0.717) is 0 Å². The molecule has 1 atom stereocenters. The normalized spacial score (nSPS) is 13.9. The van der Waals surface area contributed by atoms with Gasteiger partial charge in [-0.2, -0.15) is 5.26 Å². The van der Waals surface area contributed by atoms with E-state index in [4.69, 9.17) is 5.11 Å². The number of carboxylic acid groups (broad SMARTS) is 1. The van der Waals surface area contributed by atoms with Gasteiger partial charge in [-0.15, -0.1) is 11.3 Å². The van der Waals surface area contributed by atoms with E-state index in [-0.39, 0.29) is 12.3 Å². The van der Waals surface area contributed by atoms with Gasteiger partial charge in [0.1, 0.15) is 0 Å². The van der Waals surface area contributed by atoms with Crippen molar-refractivity contribution >= 4 is 33.5 Å². The molecule has 5 heteroatoms. The second kappa shape index (κ2) is 6.98. The summed E-state index contributed by atoms with van der Waals surface area (Å²) < 4.78 is 1.05. The van der Waals surface area contributed by atoms with Crippen molar-refractivity contribution in [1.29, 1.82) is 5.26 Å². The minimum atomic E-state index is -0.787. The van der Waals surface area contributed by atoms with Gasteiger partial charge in [0, 0.05) is 34.1 Å². The molecule has 4 rings (SSSR count). The lowest BCUT2D eigenvalue weighted by molar-refractivity contribution is -0.137. The number of hydrogen-bond acceptors (Lipinski definition) is 4. The van der Waals surface area contributed by atoms with Crippen LogP contribution in [0.5, 0.6) is 0 Å². The first-order valence-electron chi connectivity index (χ1n) is 8.90. The fraction of sp³-hybridized carbons (Fsp3) is 0.227. The molecule has 1 aromatic carbocycles. The Morgan fingerprint density at radius 3 is 3.00 bits per heavy atom. The van der Waals surface area contributed by atoms with Gasteiger partial charge in [0.25, 0.3) is 0 Å². The fourth-order valence-electron chi connectivity index (χ4n) is 3.69. The number of hydrogen-bond donors (Lipinski definition) is 1. The number of benzene rings is 1. The summed E-state index contributed by atoms with van der Waals surface area (Å²) in [5, 5.41) is 19.6. The number of fused-ring (bicyclic) bond motifs is 2. The predicted octanol–water partition coefficient (Wildman–Crippen LogP) is 5.37. The summed E-state index contributed by atoms with van der Waals surface area (Å²) in [5.74, 6) is -0.827. The summed E-state index contributed by atoms with van der Waals surface area (Å²) in [6.45, 7) is 1.94. The Bertz CT molecular complexity index is 1120. The van der Waals surface area contributed by atoms with Crippen molar-refractivity contribution in [2.75, 3.05) is 0 Å². The maximum Gasteiger partial charge on any atom is 0.303 e. The summed E-state index contributed by atoms with van der Waals surface area (Å²) in [5.41, 5.74) is 5.04. The maximum absolute atomic E-state index is 11.1. The molecule has 0 saturated heterocycles. The third kappa shape index (κ3) is 3.13. The van der Waals surface area contributed by atoms with Crippen molar-refractivity contribution in [3.63, 3.8) is 0 Å². The highest BCUT2D eigenvalue weighted by atomic mass is 32.1. The molecule has 0 radical (unpaired) electrons. The number of rotatable bonds is 4. The van der Waals surface area contributed by atoms with Gasteiger partial charge in [-0.25, -0.2) is 0 Å². The van der Waals surface area contributed by atoms with Crippen LogP contribution in [0.1, 0.15) is 47.3 Å². The predicted molar refractivity (Wildman–Crippen MR) is 108 cm³/mol. The zero-order valence-electron chi connectivity index (χ0n) is 14.9. The van der Waals surface area contributed by atoms with Crippen LogP contribution >= 0.6 is 11.3 Å². The second-order valence-electron chi connectivity index (χ2n) is 6.85. The number of aromatic nitrogens is 1. The number of nitriles is 1. The monoisotopic (exact) mass is 374 g/mol. The third-order valence-corrected chi connectivity index (χ3v) is 6.35. The van der Waals surface area contributed by atoms with Crippen LogP contribution in [-0.2, 0) is 11.2 Å². The molecule has 2 heterocycles. The smallest absolute Gasteiger partial charge is 0.303 e. The lowest BCUT2D eigenvalue weighted by atomic mass is 9.86. The molecular formula is C22H18N2O2S. The summed E-state index contributed by atoms with van der Waals surface area (Å²) in [4.78, 5) is 16.5. The second-order valence-corrected chi connectivity index (χ2v) is 7.97. The van der Waals surface area contributed by atoms with E-state index < -0.39 is 5.97 Å². The van der Waals surface area contributed by atoms with Crippen LogP contribution in [0.2, 0.25) is 0 Å². The maximum atomic E-state index is 11.1. The van der Waals surface area contributed by atoms with E-state index in [2.05, 4.69) is 29.3 Å². The number of thiophene rings is 1. The molecule has 0 spiro atoms. The third-order valence-electron chi connectivity index (χ3n) is 5.05. The molecule has 0 bridgehead atoms. The Balaban J connectivity index is 1.89. The average molecular weight is 374 g/mol. The molecule has 1 aliphatic rings. The summed E-state index contributed by atoms with van der Waals surface area (Å²) in [6, 6.07) is 8.30. The van der Waals surface area contributed by atoms with Crippen molar-refractivity contribution < 1.29 is 9.90 Å². The number of nitrogens with zero attached hydrogens (tertiary/aromatic N) is 2. The van der Waals surface area contributed by atoms with Gasteiger partial charge >= 0.3 is 5.97 Å². The van der Waals surface area contributed by atoms with Crippen LogP contribution in [0.3, 0.4) is 0 Å². The molecule has 2 aromatic heterocycles. The standard InChI is InChI=1S/C22H18N2O2S/c1-13(8-22(25)26)20-9-18-19(11-24-12-21(18)27-20)17-7-6-14(10-23)15-4-2-3-5-16(15)17/h3,5-7,9,11-13H,2,4,8H2,1H3,(H,25,26). The average Bonchev–Trinajstić information content (AvgIpc) is 3.11. The van der Waals surface area contributed by atoms with E-state index in [1.54, 1.807) is 11.3 Å². The lowest BCUT2D eigenvalue weighted by Crippen LogP contribution is -2.01. The molecule has 0 amide bonds. The molecule has 4 nitrogen and oxygen atoms in total. The van der Waals surface area contributed by atoms with E-state index in [9.17, 15) is 10.1 Å². The Labute approximate surface area is 161 Å². The van der Waals surface area contributed by atoms with Gasteiger partial charge in [0.2, 0.25) is 0 Å². The highest BCUT2D eigenvalue weighted by Gasteiger charge is 2.19. The zero-order valence-corrected chi connectivity index (χ0v) is 15.7.